The van der Waals surface area contributed by atoms with Gasteiger partial charge < -0.3 is 20.1 Å². The summed E-state index contributed by atoms with van der Waals surface area (Å²) in [6.07, 6.45) is 4.99. The van der Waals surface area contributed by atoms with E-state index in [0.29, 0.717) is 18.9 Å². The Morgan fingerprint density at radius 2 is 2.12 bits per heavy atom. The van der Waals surface area contributed by atoms with E-state index < -0.39 is 0 Å². The highest BCUT2D eigenvalue weighted by atomic mass is 16.5. The Hall–Kier alpha value is -2.19. The van der Waals surface area contributed by atoms with Gasteiger partial charge in [0.25, 0.3) is 0 Å². The summed E-state index contributed by atoms with van der Waals surface area (Å²) in [6.45, 7) is 3.75. The smallest absolute Gasteiger partial charge is 0.223 e. The van der Waals surface area contributed by atoms with Gasteiger partial charge in [-0.3, -0.25) is 9.78 Å². The number of aromatic nitrogens is 3. The summed E-state index contributed by atoms with van der Waals surface area (Å²) in [5.41, 5.74) is 6.93. The number of amides is 1. The molecule has 0 aromatic carbocycles. The first-order valence-corrected chi connectivity index (χ1v) is 8.82. The van der Waals surface area contributed by atoms with E-state index in [1.54, 1.807) is 6.20 Å². The largest absolute Gasteiger partial charge is 0.378 e. The van der Waals surface area contributed by atoms with Crippen molar-refractivity contribution in [3.05, 3.63) is 18.0 Å². The second kappa shape index (κ2) is 6.97. The molecule has 2 aliphatic heterocycles. The first kappa shape index (κ1) is 16.3. The average molecular weight is 345 g/mol. The maximum atomic E-state index is 11.3. The molecule has 2 N–H and O–H groups in total. The van der Waals surface area contributed by atoms with E-state index in [-0.39, 0.29) is 18.6 Å². The van der Waals surface area contributed by atoms with Gasteiger partial charge in [-0.2, -0.15) is 5.10 Å². The Bertz CT molecular complexity index is 763. The maximum absolute atomic E-state index is 11.3. The number of nitrogens with zero attached hydrogens (tertiary/aromatic N) is 4. The number of nitrogens with two attached hydrogens (primary N) is 1. The highest BCUT2D eigenvalue weighted by Crippen LogP contribution is 2.32. The molecule has 1 atom stereocenters. The van der Waals surface area contributed by atoms with Crippen LogP contribution in [0, 0.1) is 0 Å². The van der Waals surface area contributed by atoms with Crippen molar-refractivity contribution in [2.45, 2.75) is 31.9 Å². The maximum Gasteiger partial charge on any atom is 0.223 e. The summed E-state index contributed by atoms with van der Waals surface area (Å²) in [5.74, 6) is 0.519. The molecule has 0 aliphatic carbocycles. The van der Waals surface area contributed by atoms with Gasteiger partial charge in [-0.15, -0.1) is 0 Å². The lowest BCUT2D eigenvalue weighted by molar-refractivity contribution is -0.117. The molecular weight excluding hydrogens is 322 g/mol. The second-order valence-electron chi connectivity index (χ2n) is 6.52. The molecule has 0 radical (unpaired) electrons. The van der Waals surface area contributed by atoms with Crippen molar-refractivity contribution in [2.24, 2.45) is 5.73 Å². The zero-order valence-electron chi connectivity index (χ0n) is 14.2. The molecule has 1 amide bonds. The van der Waals surface area contributed by atoms with E-state index in [1.165, 1.54) is 0 Å². The van der Waals surface area contributed by atoms with Gasteiger partial charge in [0.15, 0.2) is 12.0 Å². The normalized spacial score (nSPS) is 21.6. The summed E-state index contributed by atoms with van der Waals surface area (Å²) in [5, 5.41) is 5.84. The molecule has 2 aliphatic rings. The van der Waals surface area contributed by atoms with Crippen LogP contribution in [0.5, 0.6) is 0 Å². The van der Waals surface area contributed by atoms with E-state index in [0.717, 1.165) is 55.7 Å². The van der Waals surface area contributed by atoms with Gasteiger partial charge in [0.05, 0.1) is 36.2 Å². The van der Waals surface area contributed by atoms with Gasteiger partial charge in [0, 0.05) is 25.9 Å². The molecule has 4 heterocycles. The molecule has 4 rings (SSSR count). The number of rotatable bonds is 4. The molecule has 8 nitrogen and oxygen atoms in total. The van der Waals surface area contributed by atoms with Crippen LogP contribution in [-0.2, 0) is 20.7 Å². The minimum atomic E-state index is -0.389. The van der Waals surface area contributed by atoms with Crippen molar-refractivity contribution < 1.29 is 14.3 Å². The second-order valence-corrected chi connectivity index (χ2v) is 6.52. The zero-order valence-corrected chi connectivity index (χ0v) is 14.2. The number of fused-ring (bicyclic) bond motifs is 1. The number of morpholine rings is 1. The Labute approximate surface area is 145 Å². The van der Waals surface area contributed by atoms with Crippen LogP contribution in [0.1, 0.15) is 31.2 Å². The molecule has 134 valence electrons. The molecule has 2 aromatic heterocycles. The first-order valence-electron chi connectivity index (χ1n) is 8.82. The van der Waals surface area contributed by atoms with Crippen LogP contribution in [0.25, 0.3) is 10.9 Å². The molecule has 2 aromatic rings. The van der Waals surface area contributed by atoms with E-state index in [4.69, 9.17) is 20.3 Å². The van der Waals surface area contributed by atoms with Gasteiger partial charge in [0.1, 0.15) is 0 Å². The third kappa shape index (κ3) is 3.32. The summed E-state index contributed by atoms with van der Waals surface area (Å²) in [7, 11) is 0. The summed E-state index contributed by atoms with van der Waals surface area (Å²) < 4.78 is 13.3. The Morgan fingerprint density at radius 3 is 2.84 bits per heavy atom. The van der Waals surface area contributed by atoms with Gasteiger partial charge in [0.2, 0.25) is 5.91 Å². The highest BCUT2D eigenvalue weighted by Gasteiger charge is 2.25. The van der Waals surface area contributed by atoms with Crippen molar-refractivity contribution in [1.82, 2.24) is 14.8 Å². The Balaban J connectivity index is 1.77. The van der Waals surface area contributed by atoms with E-state index >= 15 is 0 Å². The predicted octanol–water partition coefficient (Wildman–Crippen LogP) is 0.995. The minimum Gasteiger partial charge on any atom is -0.378 e. The van der Waals surface area contributed by atoms with Crippen molar-refractivity contribution >= 4 is 22.6 Å². The summed E-state index contributed by atoms with van der Waals surface area (Å²) in [6, 6.07) is 1.91. The monoisotopic (exact) mass is 345 g/mol. The van der Waals surface area contributed by atoms with Gasteiger partial charge in [-0.25, -0.2) is 4.68 Å². The number of carbonyl (C=O) groups is 1. The lowest BCUT2D eigenvalue weighted by Crippen LogP contribution is -2.36. The molecule has 0 bridgehead atoms. The fourth-order valence-corrected chi connectivity index (χ4v) is 3.48. The molecular formula is C17H23N5O3. The Kier molecular flexibility index (Phi) is 4.54. The lowest BCUT2D eigenvalue weighted by atomic mass is 10.2. The van der Waals surface area contributed by atoms with Crippen molar-refractivity contribution in [3.8, 4) is 0 Å². The number of anilines is 1. The van der Waals surface area contributed by atoms with E-state index in [9.17, 15) is 4.79 Å². The number of hydrogen-bond acceptors (Lipinski definition) is 6. The van der Waals surface area contributed by atoms with Crippen molar-refractivity contribution in [1.29, 1.82) is 0 Å². The average Bonchev–Trinajstić information content (AvgIpc) is 3.01. The van der Waals surface area contributed by atoms with E-state index in [1.807, 2.05) is 10.7 Å². The molecule has 25 heavy (non-hydrogen) atoms. The molecule has 1 unspecified atom stereocenters. The number of primary amides is 1. The van der Waals surface area contributed by atoms with Crippen LogP contribution in [0.15, 0.2) is 12.3 Å². The number of pyridine rings is 1. The van der Waals surface area contributed by atoms with Gasteiger partial charge in [-0.05, 0) is 25.3 Å². The molecule has 8 heteroatoms. The van der Waals surface area contributed by atoms with Crippen LogP contribution in [0.4, 0.5) is 5.82 Å². The van der Waals surface area contributed by atoms with Crippen LogP contribution in [-0.4, -0.2) is 53.6 Å². The zero-order chi connectivity index (χ0) is 17.2. The Morgan fingerprint density at radius 1 is 1.28 bits per heavy atom. The summed E-state index contributed by atoms with van der Waals surface area (Å²) >= 11 is 0. The number of carbonyl (C=O) groups excluding carboxylic acids is 1. The topological polar surface area (TPSA) is 95.5 Å². The first-order chi connectivity index (χ1) is 12.2. The van der Waals surface area contributed by atoms with Crippen LogP contribution in [0.3, 0.4) is 0 Å². The quantitative estimate of drug-likeness (QED) is 0.888. The summed E-state index contributed by atoms with van der Waals surface area (Å²) in [4.78, 5) is 17.9. The van der Waals surface area contributed by atoms with Crippen LogP contribution >= 0.6 is 0 Å². The number of ether oxygens (including phenoxy) is 2. The highest BCUT2D eigenvalue weighted by molar-refractivity contribution is 5.91. The van der Waals surface area contributed by atoms with E-state index in [2.05, 4.69) is 9.88 Å². The van der Waals surface area contributed by atoms with Crippen LogP contribution in [0.2, 0.25) is 0 Å². The fourth-order valence-electron chi connectivity index (χ4n) is 3.48. The van der Waals surface area contributed by atoms with Crippen molar-refractivity contribution in [2.75, 3.05) is 37.8 Å². The standard InChI is InChI=1S/C17H23N5O3/c18-15(23)10-12-9-14-13(11-19-12)17(21-4-7-24-8-5-21)20-22(14)16-3-1-2-6-25-16/h9,11,16H,1-8,10H2,(H2,18,23). The molecule has 0 saturated carbocycles. The molecule has 2 saturated heterocycles. The van der Waals surface area contributed by atoms with Crippen molar-refractivity contribution in [3.63, 3.8) is 0 Å². The predicted molar refractivity (Wildman–Crippen MR) is 92.3 cm³/mol. The third-order valence-corrected chi connectivity index (χ3v) is 4.72. The fraction of sp³-hybridized carbons (Fsp3) is 0.588. The third-order valence-electron chi connectivity index (χ3n) is 4.72. The lowest BCUT2D eigenvalue weighted by Gasteiger charge is -2.27. The SMILES string of the molecule is NC(=O)Cc1cc2c(cn1)c(N1CCOCC1)nn2C1CCCCO1. The molecule has 2 fully saturated rings. The van der Waals surface area contributed by atoms with Gasteiger partial charge >= 0.3 is 0 Å². The minimum absolute atomic E-state index is 0.0742. The molecule has 0 spiro atoms. The van der Waals surface area contributed by atoms with Crippen LogP contribution < -0.4 is 10.6 Å². The number of hydrogen-bond donors (Lipinski definition) is 1. The van der Waals surface area contributed by atoms with Gasteiger partial charge in [-0.1, -0.05) is 0 Å².